The lowest BCUT2D eigenvalue weighted by atomic mass is 10.2. The topological polar surface area (TPSA) is 124 Å². The van der Waals surface area contributed by atoms with Gasteiger partial charge in [-0.05, 0) is 19.1 Å². The monoisotopic (exact) mass is 248 g/mol. The minimum absolute atomic E-state index is 0.104. The van der Waals surface area contributed by atoms with Crippen molar-refractivity contribution in [3.63, 3.8) is 0 Å². The van der Waals surface area contributed by atoms with Crippen molar-refractivity contribution in [2.45, 2.75) is 6.92 Å². The molecule has 1 amide bonds. The quantitative estimate of drug-likeness (QED) is 0.541. The van der Waals surface area contributed by atoms with Crippen LogP contribution in [0.1, 0.15) is 16.1 Å². The number of nitrogens with two attached hydrogens (primary N) is 1. The molecule has 0 atom stereocenters. The van der Waals surface area contributed by atoms with Crippen molar-refractivity contribution in [3.8, 4) is 11.5 Å². The molecule has 0 aliphatic heterocycles. The molecule has 0 spiro atoms. The van der Waals surface area contributed by atoms with E-state index in [2.05, 4.69) is 15.5 Å². The smallest absolute Gasteiger partial charge is 0.257 e. The first-order valence-electron chi connectivity index (χ1n) is 5.12. The van der Waals surface area contributed by atoms with Crippen molar-refractivity contribution in [2.75, 3.05) is 11.1 Å². The molecule has 6 N–H and O–H groups in total. The number of nitrogens with one attached hydrogen (secondary N) is 2. The van der Waals surface area contributed by atoms with Crippen LogP contribution in [0.4, 0.5) is 11.5 Å². The van der Waals surface area contributed by atoms with Gasteiger partial charge in [-0.25, -0.2) is 0 Å². The van der Waals surface area contributed by atoms with Crippen molar-refractivity contribution in [3.05, 3.63) is 29.5 Å². The van der Waals surface area contributed by atoms with Gasteiger partial charge in [0, 0.05) is 11.6 Å². The predicted octanol–water partition coefficient (Wildman–Crippen LogP) is 0.964. The van der Waals surface area contributed by atoms with Crippen molar-refractivity contribution in [1.82, 2.24) is 10.2 Å². The zero-order chi connectivity index (χ0) is 13.3. The third-order valence-electron chi connectivity index (χ3n) is 2.39. The van der Waals surface area contributed by atoms with Gasteiger partial charge < -0.3 is 21.3 Å². The number of phenols is 2. The molecule has 7 heteroatoms. The number of phenolic OH excluding ortho intramolecular Hbond substituents is 2. The standard InChI is InChI=1S/C11H12N4O3/c1-5-9(12)10(15-14-5)13-11(18)6-2-7(16)4-8(17)3-6/h2-4,16-17H,12H2,1H3,(H2,13,14,15,18). The molecule has 0 saturated heterocycles. The first-order valence-corrected chi connectivity index (χ1v) is 5.12. The molecule has 1 heterocycles. The Morgan fingerprint density at radius 3 is 2.44 bits per heavy atom. The van der Waals surface area contributed by atoms with Gasteiger partial charge in [-0.2, -0.15) is 5.10 Å². The molecule has 0 radical (unpaired) electrons. The van der Waals surface area contributed by atoms with Crippen LogP contribution in [0.2, 0.25) is 0 Å². The van der Waals surface area contributed by atoms with Crippen LogP contribution in [0.15, 0.2) is 18.2 Å². The Labute approximate surface area is 102 Å². The van der Waals surface area contributed by atoms with E-state index in [0.29, 0.717) is 11.4 Å². The summed E-state index contributed by atoms with van der Waals surface area (Å²) in [6.45, 7) is 1.72. The zero-order valence-corrected chi connectivity index (χ0v) is 9.56. The molecule has 0 fully saturated rings. The lowest BCUT2D eigenvalue weighted by molar-refractivity contribution is 0.102. The number of carbonyl (C=O) groups is 1. The van der Waals surface area contributed by atoms with E-state index in [4.69, 9.17) is 5.73 Å². The summed E-state index contributed by atoms with van der Waals surface area (Å²) < 4.78 is 0. The van der Waals surface area contributed by atoms with Gasteiger partial charge in [0.25, 0.3) is 5.91 Å². The van der Waals surface area contributed by atoms with E-state index in [1.807, 2.05) is 0 Å². The molecule has 2 aromatic rings. The van der Waals surface area contributed by atoms with Crippen LogP contribution in [-0.2, 0) is 0 Å². The van der Waals surface area contributed by atoms with E-state index in [-0.39, 0.29) is 22.9 Å². The lowest BCUT2D eigenvalue weighted by Crippen LogP contribution is -2.13. The average Bonchev–Trinajstić information content (AvgIpc) is 2.59. The molecule has 0 bridgehead atoms. The Bertz CT molecular complexity index is 586. The van der Waals surface area contributed by atoms with Crippen LogP contribution >= 0.6 is 0 Å². The lowest BCUT2D eigenvalue weighted by Gasteiger charge is -2.04. The Kier molecular flexibility index (Phi) is 2.80. The van der Waals surface area contributed by atoms with Gasteiger partial charge in [-0.1, -0.05) is 0 Å². The van der Waals surface area contributed by atoms with Gasteiger partial charge in [-0.3, -0.25) is 9.89 Å². The number of nitrogens with zero attached hydrogens (tertiary/aromatic N) is 1. The Morgan fingerprint density at radius 2 is 1.94 bits per heavy atom. The number of carbonyl (C=O) groups excluding carboxylic acids is 1. The number of hydrogen-bond acceptors (Lipinski definition) is 5. The average molecular weight is 248 g/mol. The highest BCUT2D eigenvalue weighted by Gasteiger charge is 2.13. The van der Waals surface area contributed by atoms with E-state index in [1.54, 1.807) is 6.92 Å². The molecule has 7 nitrogen and oxygen atoms in total. The Morgan fingerprint density at radius 1 is 1.33 bits per heavy atom. The second-order valence-corrected chi connectivity index (χ2v) is 3.80. The molecule has 0 unspecified atom stereocenters. The second-order valence-electron chi connectivity index (χ2n) is 3.80. The van der Waals surface area contributed by atoms with Crippen LogP contribution in [0, 0.1) is 6.92 Å². The summed E-state index contributed by atoms with van der Waals surface area (Å²) in [6, 6.07) is 3.58. The Hall–Kier alpha value is -2.70. The number of amides is 1. The highest BCUT2D eigenvalue weighted by molar-refractivity contribution is 6.05. The molecule has 2 rings (SSSR count). The number of H-pyrrole nitrogens is 1. The maximum absolute atomic E-state index is 11.8. The maximum Gasteiger partial charge on any atom is 0.257 e. The minimum atomic E-state index is -0.528. The third kappa shape index (κ3) is 2.19. The number of rotatable bonds is 2. The largest absolute Gasteiger partial charge is 0.508 e. The van der Waals surface area contributed by atoms with E-state index in [9.17, 15) is 15.0 Å². The van der Waals surface area contributed by atoms with Gasteiger partial charge in [0.05, 0.1) is 11.4 Å². The highest BCUT2D eigenvalue weighted by Crippen LogP contribution is 2.23. The number of hydrogen-bond donors (Lipinski definition) is 5. The highest BCUT2D eigenvalue weighted by atomic mass is 16.3. The van der Waals surface area contributed by atoms with E-state index >= 15 is 0 Å². The molecule has 0 saturated carbocycles. The minimum Gasteiger partial charge on any atom is -0.508 e. The normalized spacial score (nSPS) is 10.3. The molecule has 0 aliphatic rings. The summed E-state index contributed by atoms with van der Waals surface area (Å²) in [4.78, 5) is 11.8. The zero-order valence-electron chi connectivity index (χ0n) is 9.56. The van der Waals surface area contributed by atoms with Crippen LogP contribution in [0.3, 0.4) is 0 Å². The number of aryl methyl sites for hydroxylation is 1. The van der Waals surface area contributed by atoms with Crippen LogP contribution in [-0.4, -0.2) is 26.3 Å². The van der Waals surface area contributed by atoms with E-state index < -0.39 is 5.91 Å². The summed E-state index contributed by atoms with van der Waals surface area (Å²) in [7, 11) is 0. The van der Waals surface area contributed by atoms with Crippen LogP contribution in [0.25, 0.3) is 0 Å². The fourth-order valence-electron chi connectivity index (χ4n) is 1.44. The van der Waals surface area contributed by atoms with E-state index in [1.165, 1.54) is 12.1 Å². The van der Waals surface area contributed by atoms with Crippen molar-refractivity contribution in [2.24, 2.45) is 0 Å². The summed E-state index contributed by atoms with van der Waals surface area (Å²) in [6.07, 6.45) is 0. The number of aromatic hydroxyl groups is 2. The first kappa shape index (κ1) is 11.8. The number of aromatic amines is 1. The molecule has 1 aromatic carbocycles. The molecular formula is C11H12N4O3. The fraction of sp³-hybridized carbons (Fsp3) is 0.0909. The molecular weight excluding hydrogens is 236 g/mol. The first-order chi connectivity index (χ1) is 8.47. The van der Waals surface area contributed by atoms with Gasteiger partial charge in [-0.15, -0.1) is 0 Å². The number of nitrogen functional groups attached to an aromatic ring is 1. The molecule has 18 heavy (non-hydrogen) atoms. The van der Waals surface area contributed by atoms with Crippen LogP contribution < -0.4 is 11.1 Å². The Balaban J connectivity index is 2.24. The summed E-state index contributed by atoms with van der Waals surface area (Å²) in [5.41, 5.74) is 6.77. The second kappa shape index (κ2) is 4.28. The predicted molar refractivity (Wildman–Crippen MR) is 65.5 cm³/mol. The third-order valence-corrected chi connectivity index (χ3v) is 2.39. The van der Waals surface area contributed by atoms with Crippen LogP contribution in [0.5, 0.6) is 11.5 Å². The maximum atomic E-state index is 11.8. The summed E-state index contributed by atoms with van der Waals surface area (Å²) >= 11 is 0. The summed E-state index contributed by atoms with van der Waals surface area (Å²) in [5.74, 6) is -0.725. The number of benzene rings is 1. The van der Waals surface area contributed by atoms with Crippen molar-refractivity contribution >= 4 is 17.4 Å². The van der Waals surface area contributed by atoms with Crippen molar-refractivity contribution in [1.29, 1.82) is 0 Å². The molecule has 94 valence electrons. The number of anilines is 2. The van der Waals surface area contributed by atoms with Gasteiger partial charge in [0.2, 0.25) is 0 Å². The molecule has 0 aliphatic carbocycles. The SMILES string of the molecule is Cc1[nH]nc(NC(=O)c2cc(O)cc(O)c2)c1N. The fourth-order valence-corrected chi connectivity index (χ4v) is 1.44. The van der Waals surface area contributed by atoms with Gasteiger partial charge in [0.15, 0.2) is 5.82 Å². The number of aromatic nitrogens is 2. The summed E-state index contributed by atoms with van der Waals surface area (Å²) in [5, 5.41) is 27.5. The van der Waals surface area contributed by atoms with Crippen molar-refractivity contribution < 1.29 is 15.0 Å². The molecule has 1 aromatic heterocycles. The van der Waals surface area contributed by atoms with Gasteiger partial charge in [0.1, 0.15) is 11.5 Å². The van der Waals surface area contributed by atoms with Gasteiger partial charge >= 0.3 is 0 Å². The van der Waals surface area contributed by atoms with E-state index in [0.717, 1.165) is 6.07 Å².